The molecule has 1 amide bonds. The number of amides is 1. The third-order valence-electron chi connectivity index (χ3n) is 3.66. The van der Waals surface area contributed by atoms with Crippen molar-refractivity contribution in [3.05, 3.63) is 34.7 Å². The summed E-state index contributed by atoms with van der Waals surface area (Å²) in [6.07, 6.45) is 0. The molecular weight excluding hydrogens is 286 g/mol. The van der Waals surface area contributed by atoms with Crippen molar-refractivity contribution in [3.8, 4) is 0 Å². The fourth-order valence-electron chi connectivity index (χ4n) is 2.11. The summed E-state index contributed by atoms with van der Waals surface area (Å²) in [5, 5.41) is 11.6. The maximum atomic E-state index is 12.2. The van der Waals surface area contributed by atoms with Crippen molar-refractivity contribution < 1.29 is 14.7 Å². The molecule has 118 valence electrons. The van der Waals surface area contributed by atoms with Crippen molar-refractivity contribution in [2.45, 2.75) is 20.4 Å². The molecule has 2 N–H and O–H groups in total. The average molecular weight is 305 g/mol. The molecule has 2 aromatic rings. The number of aromatic nitrogens is 2. The lowest BCUT2D eigenvalue weighted by molar-refractivity contribution is -0.146. The number of carboxylic acid groups (broad SMARTS) is 1. The number of hydrogen-bond donors (Lipinski definition) is 2. The van der Waals surface area contributed by atoms with Gasteiger partial charge in [0.05, 0.1) is 16.4 Å². The first-order chi connectivity index (χ1) is 10.2. The minimum atomic E-state index is -1.06. The number of rotatable bonds is 5. The van der Waals surface area contributed by atoms with Crippen LogP contribution in [0.25, 0.3) is 11.0 Å². The van der Waals surface area contributed by atoms with Crippen LogP contribution < -0.4 is 11.0 Å². The number of carbonyl (C=O) groups excluding carboxylic acids is 1. The predicted octanol–water partition coefficient (Wildman–Crippen LogP) is 0.567. The summed E-state index contributed by atoms with van der Waals surface area (Å²) in [6.45, 7) is 2.91. The number of imidazole rings is 1. The molecule has 7 nitrogen and oxygen atoms in total. The van der Waals surface area contributed by atoms with Gasteiger partial charge < -0.3 is 10.4 Å². The first-order valence-electron chi connectivity index (χ1n) is 6.88. The lowest BCUT2D eigenvalue weighted by Crippen LogP contribution is -2.41. The van der Waals surface area contributed by atoms with Crippen LogP contribution in [-0.2, 0) is 23.2 Å². The second kappa shape index (κ2) is 5.67. The van der Waals surface area contributed by atoms with Gasteiger partial charge in [-0.2, -0.15) is 0 Å². The monoisotopic (exact) mass is 305 g/mol. The molecule has 0 bridgehead atoms. The maximum absolute atomic E-state index is 12.2. The molecule has 0 radical (unpaired) electrons. The van der Waals surface area contributed by atoms with Gasteiger partial charge in [-0.15, -0.1) is 0 Å². The van der Waals surface area contributed by atoms with Crippen molar-refractivity contribution in [2.75, 3.05) is 6.54 Å². The molecule has 0 atom stereocenters. The molecule has 0 aliphatic carbocycles. The largest absolute Gasteiger partial charge is 0.481 e. The van der Waals surface area contributed by atoms with Crippen molar-refractivity contribution >= 4 is 22.9 Å². The minimum Gasteiger partial charge on any atom is -0.481 e. The van der Waals surface area contributed by atoms with Gasteiger partial charge in [-0.1, -0.05) is 12.1 Å². The van der Waals surface area contributed by atoms with Gasteiger partial charge >= 0.3 is 11.7 Å². The van der Waals surface area contributed by atoms with Gasteiger partial charge in [0.2, 0.25) is 5.91 Å². The molecule has 0 saturated carbocycles. The van der Waals surface area contributed by atoms with Crippen LogP contribution in [0.2, 0.25) is 0 Å². The van der Waals surface area contributed by atoms with E-state index in [1.165, 1.54) is 23.0 Å². The van der Waals surface area contributed by atoms with Crippen LogP contribution in [0.15, 0.2) is 29.1 Å². The number of aliphatic carboxylic acids is 1. The molecule has 0 saturated heterocycles. The summed E-state index contributed by atoms with van der Waals surface area (Å²) in [5.41, 5.74) is 0.0713. The molecule has 2 rings (SSSR count). The first-order valence-corrected chi connectivity index (χ1v) is 6.88. The molecule has 1 aromatic carbocycles. The van der Waals surface area contributed by atoms with Crippen LogP contribution in [0.1, 0.15) is 13.8 Å². The Labute approximate surface area is 127 Å². The summed E-state index contributed by atoms with van der Waals surface area (Å²) in [4.78, 5) is 35.2. The average Bonchev–Trinajstić information content (AvgIpc) is 2.71. The molecule has 0 aliphatic rings. The second-order valence-corrected chi connectivity index (χ2v) is 5.88. The summed E-state index contributed by atoms with van der Waals surface area (Å²) >= 11 is 0. The van der Waals surface area contributed by atoms with Crippen molar-refractivity contribution in [2.24, 2.45) is 12.5 Å². The molecule has 0 spiro atoms. The minimum absolute atomic E-state index is 0.000678. The number of aryl methyl sites for hydroxylation is 1. The predicted molar refractivity (Wildman–Crippen MR) is 81.6 cm³/mol. The number of fused-ring (bicyclic) bond motifs is 1. The number of benzene rings is 1. The Morgan fingerprint density at radius 1 is 1.23 bits per heavy atom. The van der Waals surface area contributed by atoms with E-state index in [1.807, 2.05) is 6.07 Å². The molecule has 7 heteroatoms. The fourth-order valence-corrected chi connectivity index (χ4v) is 2.11. The third kappa shape index (κ3) is 2.88. The van der Waals surface area contributed by atoms with Crippen molar-refractivity contribution in [1.82, 2.24) is 14.5 Å². The molecule has 1 aromatic heterocycles. The zero-order valence-corrected chi connectivity index (χ0v) is 12.8. The van der Waals surface area contributed by atoms with Crippen LogP contribution in [-0.4, -0.2) is 32.7 Å². The van der Waals surface area contributed by atoms with E-state index in [2.05, 4.69) is 5.32 Å². The van der Waals surface area contributed by atoms with Gasteiger partial charge in [0.25, 0.3) is 0 Å². The standard InChI is InChI=1S/C15H19N3O4/c1-15(2,13(20)21)9-16-12(19)8-18-11-7-5-4-6-10(11)17(3)14(18)22/h4-7H,8-9H2,1-3H3,(H,16,19)(H,20,21). The SMILES string of the molecule is Cn1c(=O)n(CC(=O)NCC(C)(C)C(=O)O)c2ccccc21. The van der Waals surface area contributed by atoms with Gasteiger partial charge in [0.15, 0.2) is 0 Å². The maximum Gasteiger partial charge on any atom is 0.329 e. The van der Waals surface area contributed by atoms with E-state index in [0.717, 1.165) is 5.52 Å². The number of para-hydroxylation sites is 2. The van der Waals surface area contributed by atoms with E-state index >= 15 is 0 Å². The summed E-state index contributed by atoms with van der Waals surface area (Å²) < 4.78 is 2.85. The number of carboxylic acids is 1. The van der Waals surface area contributed by atoms with Crippen LogP contribution in [0.3, 0.4) is 0 Å². The third-order valence-corrected chi connectivity index (χ3v) is 3.66. The van der Waals surface area contributed by atoms with Crippen LogP contribution in [0.4, 0.5) is 0 Å². The van der Waals surface area contributed by atoms with Gasteiger partial charge in [0.1, 0.15) is 6.54 Å². The van der Waals surface area contributed by atoms with Crippen LogP contribution in [0.5, 0.6) is 0 Å². The second-order valence-electron chi connectivity index (χ2n) is 5.88. The summed E-state index contributed by atoms with van der Waals surface area (Å²) in [6, 6.07) is 7.19. The molecule has 0 fully saturated rings. The Bertz CT molecular complexity index is 786. The Morgan fingerprint density at radius 3 is 2.41 bits per heavy atom. The lowest BCUT2D eigenvalue weighted by Gasteiger charge is -2.19. The highest BCUT2D eigenvalue weighted by Gasteiger charge is 2.27. The molecule has 1 heterocycles. The zero-order valence-electron chi connectivity index (χ0n) is 12.8. The Balaban J connectivity index is 2.18. The number of hydrogen-bond acceptors (Lipinski definition) is 3. The highest BCUT2D eigenvalue weighted by atomic mass is 16.4. The molecule has 0 aliphatic heterocycles. The first kappa shape index (κ1) is 15.8. The summed E-state index contributed by atoms with van der Waals surface area (Å²) in [5.74, 6) is -1.39. The highest BCUT2D eigenvalue weighted by molar-refractivity contribution is 5.81. The quantitative estimate of drug-likeness (QED) is 0.844. The topological polar surface area (TPSA) is 93.3 Å². The smallest absolute Gasteiger partial charge is 0.329 e. The van der Waals surface area contributed by atoms with Gasteiger partial charge in [-0.05, 0) is 26.0 Å². The van der Waals surface area contributed by atoms with Crippen LogP contribution >= 0.6 is 0 Å². The van der Waals surface area contributed by atoms with E-state index < -0.39 is 17.3 Å². The Kier molecular flexibility index (Phi) is 4.07. The molecule has 0 unspecified atom stereocenters. The fraction of sp³-hybridized carbons (Fsp3) is 0.400. The number of nitrogens with zero attached hydrogens (tertiary/aromatic N) is 2. The zero-order chi connectivity index (χ0) is 16.5. The number of carbonyl (C=O) groups is 2. The Hall–Kier alpha value is -2.57. The van der Waals surface area contributed by atoms with E-state index in [4.69, 9.17) is 5.11 Å². The van der Waals surface area contributed by atoms with Crippen molar-refractivity contribution in [1.29, 1.82) is 0 Å². The van der Waals surface area contributed by atoms with Crippen molar-refractivity contribution in [3.63, 3.8) is 0 Å². The van der Waals surface area contributed by atoms with E-state index in [9.17, 15) is 14.4 Å². The normalized spacial score (nSPS) is 11.6. The van der Waals surface area contributed by atoms with Crippen LogP contribution in [0, 0.1) is 5.41 Å². The lowest BCUT2D eigenvalue weighted by atomic mass is 9.94. The summed E-state index contributed by atoms with van der Waals surface area (Å²) in [7, 11) is 1.65. The molecular formula is C15H19N3O4. The highest BCUT2D eigenvalue weighted by Crippen LogP contribution is 2.14. The van der Waals surface area contributed by atoms with E-state index in [1.54, 1.807) is 25.2 Å². The Morgan fingerprint density at radius 2 is 1.82 bits per heavy atom. The van der Waals surface area contributed by atoms with E-state index in [-0.39, 0.29) is 18.8 Å². The van der Waals surface area contributed by atoms with E-state index in [0.29, 0.717) is 5.52 Å². The number of nitrogens with one attached hydrogen (secondary N) is 1. The van der Waals surface area contributed by atoms with Gasteiger partial charge in [-0.25, -0.2) is 4.79 Å². The molecule has 22 heavy (non-hydrogen) atoms. The van der Waals surface area contributed by atoms with Gasteiger partial charge in [0, 0.05) is 13.6 Å². The van der Waals surface area contributed by atoms with Gasteiger partial charge in [-0.3, -0.25) is 18.7 Å².